The van der Waals surface area contributed by atoms with Crippen LogP contribution >= 0.6 is 0 Å². The molecule has 0 radical (unpaired) electrons. The van der Waals surface area contributed by atoms with E-state index >= 15 is 0 Å². The molecule has 2 fully saturated rings. The van der Waals surface area contributed by atoms with Gasteiger partial charge in [-0.05, 0) is 55.9 Å². The van der Waals surface area contributed by atoms with Crippen LogP contribution in [0.3, 0.4) is 0 Å². The third-order valence-corrected chi connectivity index (χ3v) is 5.36. The summed E-state index contributed by atoms with van der Waals surface area (Å²) in [6.07, 6.45) is 9.43. The molecule has 1 heterocycles. The van der Waals surface area contributed by atoms with E-state index in [1.165, 1.54) is 32.1 Å². The van der Waals surface area contributed by atoms with Crippen LogP contribution in [0.1, 0.15) is 55.3 Å². The minimum Gasteiger partial charge on any atom is -0.378 e. The van der Waals surface area contributed by atoms with Crippen LogP contribution in [0.15, 0.2) is 24.3 Å². The zero-order chi connectivity index (χ0) is 16.8. The van der Waals surface area contributed by atoms with Gasteiger partial charge in [0, 0.05) is 30.9 Å². The second kappa shape index (κ2) is 8.49. The van der Waals surface area contributed by atoms with Gasteiger partial charge in [0.25, 0.3) is 5.91 Å². The van der Waals surface area contributed by atoms with Crippen LogP contribution in [0, 0.1) is 5.92 Å². The van der Waals surface area contributed by atoms with Crippen molar-refractivity contribution in [3.05, 3.63) is 29.8 Å². The average Bonchev–Trinajstić information content (AvgIpc) is 2.67. The fraction of sp³-hybridized carbons (Fsp3) is 0.632. The number of amides is 1. The molecular formula is C19H29N3O2. The van der Waals surface area contributed by atoms with E-state index in [9.17, 15) is 4.79 Å². The Morgan fingerprint density at radius 2 is 1.75 bits per heavy atom. The number of ether oxygens (including phenoxy) is 1. The third-order valence-electron chi connectivity index (χ3n) is 5.36. The number of carbonyl (C=O) groups is 1. The van der Waals surface area contributed by atoms with E-state index in [-0.39, 0.29) is 5.91 Å². The van der Waals surface area contributed by atoms with Crippen LogP contribution in [0.25, 0.3) is 0 Å². The molecule has 1 saturated carbocycles. The van der Waals surface area contributed by atoms with Crippen molar-refractivity contribution in [1.82, 2.24) is 5.43 Å². The third kappa shape index (κ3) is 4.48. The van der Waals surface area contributed by atoms with Crippen molar-refractivity contribution in [2.24, 2.45) is 11.8 Å². The molecule has 0 spiro atoms. The zero-order valence-corrected chi connectivity index (χ0v) is 14.4. The highest BCUT2D eigenvalue weighted by molar-refractivity contribution is 5.94. The summed E-state index contributed by atoms with van der Waals surface area (Å²) >= 11 is 0. The molecule has 3 N–H and O–H groups in total. The highest BCUT2D eigenvalue weighted by Crippen LogP contribution is 2.26. The molecule has 1 aliphatic heterocycles. The minimum atomic E-state index is -0.253. The maximum absolute atomic E-state index is 11.5. The summed E-state index contributed by atoms with van der Waals surface area (Å²) in [5, 5.41) is 0. The number of hydrogen-bond acceptors (Lipinski definition) is 4. The van der Waals surface area contributed by atoms with E-state index in [4.69, 9.17) is 10.6 Å². The van der Waals surface area contributed by atoms with Gasteiger partial charge in [-0.2, -0.15) is 0 Å². The summed E-state index contributed by atoms with van der Waals surface area (Å²) in [6, 6.07) is 7.63. The molecule has 0 aromatic heterocycles. The fourth-order valence-electron chi connectivity index (χ4n) is 3.81. The van der Waals surface area contributed by atoms with Crippen LogP contribution in [0.5, 0.6) is 0 Å². The summed E-state index contributed by atoms with van der Waals surface area (Å²) < 4.78 is 6.18. The molecule has 24 heavy (non-hydrogen) atoms. The summed E-state index contributed by atoms with van der Waals surface area (Å²) in [5.74, 6) is 5.70. The van der Waals surface area contributed by atoms with Crippen molar-refractivity contribution in [2.75, 3.05) is 24.6 Å². The van der Waals surface area contributed by atoms with Crippen molar-refractivity contribution >= 4 is 11.6 Å². The van der Waals surface area contributed by atoms with Crippen molar-refractivity contribution in [2.45, 2.75) is 51.0 Å². The predicted molar refractivity (Wildman–Crippen MR) is 95.9 cm³/mol. The summed E-state index contributed by atoms with van der Waals surface area (Å²) in [6.45, 7) is 2.98. The second-order valence-corrected chi connectivity index (χ2v) is 7.04. The lowest BCUT2D eigenvalue weighted by molar-refractivity contribution is 0.00810. The molecule has 0 atom stereocenters. The molecule has 3 rings (SSSR count). The molecule has 2 aliphatic rings. The smallest absolute Gasteiger partial charge is 0.265 e. The van der Waals surface area contributed by atoms with Crippen molar-refractivity contribution in [3.63, 3.8) is 0 Å². The Hall–Kier alpha value is -1.59. The topological polar surface area (TPSA) is 67.6 Å². The second-order valence-electron chi connectivity index (χ2n) is 7.04. The Bertz CT molecular complexity index is 518. The molecular weight excluding hydrogens is 302 g/mol. The van der Waals surface area contributed by atoms with Gasteiger partial charge in [0.2, 0.25) is 0 Å². The van der Waals surface area contributed by atoms with Gasteiger partial charge in [-0.1, -0.05) is 19.3 Å². The molecule has 1 aromatic rings. The number of hydrazine groups is 1. The molecule has 0 bridgehead atoms. The number of nitrogens with two attached hydrogens (primary N) is 1. The molecule has 1 aromatic carbocycles. The van der Waals surface area contributed by atoms with Gasteiger partial charge >= 0.3 is 0 Å². The van der Waals surface area contributed by atoms with E-state index < -0.39 is 0 Å². The van der Waals surface area contributed by atoms with E-state index in [0.29, 0.717) is 11.7 Å². The number of nitrogens with zero attached hydrogens (tertiary/aromatic N) is 1. The first kappa shape index (κ1) is 17.2. The molecule has 0 unspecified atom stereocenters. The highest BCUT2D eigenvalue weighted by atomic mass is 16.5. The van der Waals surface area contributed by atoms with Gasteiger partial charge in [-0.25, -0.2) is 5.84 Å². The highest BCUT2D eigenvalue weighted by Gasteiger charge is 2.22. The Balaban J connectivity index is 1.43. The number of rotatable bonds is 5. The molecule has 5 nitrogen and oxygen atoms in total. The van der Waals surface area contributed by atoms with Gasteiger partial charge in [-0.15, -0.1) is 0 Å². The molecule has 132 valence electrons. The first-order chi connectivity index (χ1) is 11.8. The monoisotopic (exact) mass is 331 g/mol. The van der Waals surface area contributed by atoms with Crippen LogP contribution < -0.4 is 16.2 Å². The predicted octanol–water partition coefficient (Wildman–Crippen LogP) is 2.86. The zero-order valence-electron chi connectivity index (χ0n) is 14.4. The molecule has 1 saturated heterocycles. The van der Waals surface area contributed by atoms with Gasteiger partial charge in [0.05, 0.1) is 6.10 Å². The lowest BCUT2D eigenvalue weighted by Gasteiger charge is -2.34. The summed E-state index contributed by atoms with van der Waals surface area (Å²) in [5.41, 5.74) is 3.91. The van der Waals surface area contributed by atoms with E-state index in [2.05, 4.69) is 10.3 Å². The lowest BCUT2D eigenvalue weighted by Crippen LogP contribution is -2.37. The quantitative estimate of drug-likeness (QED) is 0.494. The van der Waals surface area contributed by atoms with Gasteiger partial charge in [0.1, 0.15) is 0 Å². The van der Waals surface area contributed by atoms with E-state index in [1.54, 1.807) is 0 Å². The Labute approximate surface area is 144 Å². The Morgan fingerprint density at radius 3 is 2.38 bits per heavy atom. The number of benzene rings is 1. The number of piperidine rings is 1. The van der Waals surface area contributed by atoms with Crippen LogP contribution in [-0.4, -0.2) is 31.7 Å². The van der Waals surface area contributed by atoms with Gasteiger partial charge in [0.15, 0.2) is 0 Å². The van der Waals surface area contributed by atoms with Crippen LogP contribution in [-0.2, 0) is 4.74 Å². The normalized spacial score (nSPS) is 20.1. The average molecular weight is 331 g/mol. The van der Waals surface area contributed by atoms with Crippen LogP contribution in [0.4, 0.5) is 5.69 Å². The van der Waals surface area contributed by atoms with Gasteiger partial charge in [-0.3, -0.25) is 10.2 Å². The van der Waals surface area contributed by atoms with E-state index in [0.717, 1.165) is 44.1 Å². The maximum atomic E-state index is 11.5. The number of carbonyl (C=O) groups excluding carboxylic acids is 1. The largest absolute Gasteiger partial charge is 0.378 e. The lowest BCUT2D eigenvalue weighted by atomic mass is 9.90. The minimum absolute atomic E-state index is 0.253. The van der Waals surface area contributed by atoms with Crippen LogP contribution in [0.2, 0.25) is 0 Å². The number of hydrogen-bond donors (Lipinski definition) is 2. The number of nitrogens with one attached hydrogen (secondary N) is 1. The Kier molecular flexibility index (Phi) is 6.10. The molecule has 5 heteroatoms. The van der Waals surface area contributed by atoms with Crippen molar-refractivity contribution in [3.8, 4) is 0 Å². The molecule has 1 amide bonds. The maximum Gasteiger partial charge on any atom is 0.265 e. The first-order valence-electron chi connectivity index (χ1n) is 9.24. The number of anilines is 1. The van der Waals surface area contributed by atoms with Gasteiger partial charge < -0.3 is 9.64 Å². The SMILES string of the molecule is NNC(=O)c1ccc(N2CCC(OCC3CCCCC3)CC2)cc1. The fourth-order valence-corrected chi connectivity index (χ4v) is 3.81. The standard InChI is InChI=1S/C19H29N3O2/c20-21-19(23)16-6-8-17(9-7-16)22-12-10-18(11-13-22)24-14-15-4-2-1-3-5-15/h6-9,15,18H,1-5,10-14,20H2,(H,21,23). The summed E-state index contributed by atoms with van der Waals surface area (Å²) in [4.78, 5) is 13.8. The van der Waals surface area contributed by atoms with Crippen molar-refractivity contribution in [1.29, 1.82) is 0 Å². The number of nitrogen functional groups attached to an aromatic ring is 1. The Morgan fingerprint density at radius 1 is 1.08 bits per heavy atom. The molecule has 1 aliphatic carbocycles. The van der Waals surface area contributed by atoms with Crippen molar-refractivity contribution < 1.29 is 9.53 Å². The van der Waals surface area contributed by atoms with E-state index in [1.807, 2.05) is 24.3 Å². The summed E-state index contributed by atoms with van der Waals surface area (Å²) in [7, 11) is 0. The first-order valence-corrected chi connectivity index (χ1v) is 9.24.